The summed E-state index contributed by atoms with van der Waals surface area (Å²) in [6.07, 6.45) is 0. The Morgan fingerprint density at radius 3 is 2.00 bits per heavy atom. The van der Waals surface area contributed by atoms with E-state index in [1.807, 2.05) is 0 Å². The maximum atomic E-state index is 10.4. The molecule has 0 amide bonds. The van der Waals surface area contributed by atoms with Crippen molar-refractivity contribution in [3.05, 3.63) is 35.4 Å². The molecule has 1 rings (SSSR count). The third-order valence-electron chi connectivity index (χ3n) is 1.79. The third-order valence-corrected chi connectivity index (χ3v) is 2.69. The molecule has 102 valence electrons. The molecule has 19 heavy (non-hydrogen) atoms. The first-order chi connectivity index (χ1) is 8.02. The number of benzene rings is 1. The number of carboxylic acids is 2. The molecule has 5 nitrogen and oxygen atoms in total. The molecule has 1 aromatic carbocycles. The Bertz CT molecular complexity index is 353. The van der Waals surface area contributed by atoms with Gasteiger partial charge in [0, 0.05) is 0 Å². The normalized spacial score (nSPS) is 8.11. The average Bonchev–Trinajstić information content (AvgIpc) is 2.31. The van der Waals surface area contributed by atoms with E-state index < -0.39 is 11.9 Å². The average molecular weight is 312 g/mol. The molecule has 0 aliphatic rings. The summed E-state index contributed by atoms with van der Waals surface area (Å²) in [5.41, 5.74) is -0.188. The zero-order valence-corrected chi connectivity index (χ0v) is 15.3. The minimum atomic E-state index is -1.38. The van der Waals surface area contributed by atoms with E-state index in [1.165, 1.54) is 29.7 Å². The Balaban J connectivity index is -0.000000320. The summed E-state index contributed by atoms with van der Waals surface area (Å²) in [4.78, 5) is 20.6. The summed E-state index contributed by atoms with van der Waals surface area (Å²) in [5.74, 6) is 0.101. The van der Waals surface area contributed by atoms with Crippen LogP contribution in [-0.4, -0.2) is 34.0 Å². The zero-order chi connectivity index (χ0) is 13.3. The molecule has 0 aliphatic heterocycles. The van der Waals surface area contributed by atoms with Crippen LogP contribution in [0.4, 0.5) is 0 Å². The number of thiol groups is 1. The largest absolute Gasteiger partial charge is 1.00 e. The van der Waals surface area contributed by atoms with E-state index in [9.17, 15) is 14.7 Å². The second-order valence-electron chi connectivity index (χ2n) is 3.03. The standard InChI is InChI=1S/C8H6O4.C4H10S.K.H2O/c9-7(10)5-2-1-3-6(4-5)8(11)12;1-3-5-4-2;;/h1-4H,(H,9,10)(H,11,12);3-4H2,1-2H3;;1H2/q;;+1;/p-1. The first-order valence-electron chi connectivity index (χ1n) is 5.20. The van der Waals surface area contributed by atoms with Gasteiger partial charge in [-0.2, -0.15) is 0 Å². The maximum Gasteiger partial charge on any atom is 1.00 e. The molecule has 0 heterocycles. The molecular formula is C12H17KO5S. The van der Waals surface area contributed by atoms with E-state index in [2.05, 4.69) is 13.8 Å². The number of carbonyl (C=O) groups is 2. The van der Waals surface area contributed by atoms with Crippen molar-refractivity contribution < 1.29 is 76.7 Å². The predicted octanol–water partition coefficient (Wildman–Crippen LogP) is -2.58. The first kappa shape index (κ1) is 24.1. The van der Waals surface area contributed by atoms with Gasteiger partial charge in [0.2, 0.25) is 0 Å². The van der Waals surface area contributed by atoms with Crippen LogP contribution in [0.15, 0.2) is 24.3 Å². The fourth-order valence-corrected chi connectivity index (χ4v) is 1.45. The molecule has 2 N–H and O–H groups in total. The third kappa shape index (κ3) is 11.6. The van der Waals surface area contributed by atoms with Crippen LogP contribution >= 0.6 is 0 Å². The first-order valence-corrected chi connectivity index (χ1v) is 6.47. The fourth-order valence-electron chi connectivity index (χ4n) is 1.00. The molecule has 0 radical (unpaired) electrons. The summed E-state index contributed by atoms with van der Waals surface area (Å²) in [5, 5.41) is 18.7. The number of carbonyl (C=O) groups excluding carboxylic acids is 1. The number of carboxylic acid groups (broad SMARTS) is 2. The van der Waals surface area contributed by atoms with Gasteiger partial charge in [-0.25, -0.2) is 4.79 Å². The Labute approximate surface area is 159 Å². The van der Waals surface area contributed by atoms with Gasteiger partial charge in [0.1, 0.15) is 11.5 Å². The molecule has 0 saturated heterocycles. The minimum absolute atomic E-state index is 0. The molecule has 0 bridgehead atoms. The van der Waals surface area contributed by atoms with Gasteiger partial charge in [0.05, 0.1) is 11.5 Å². The van der Waals surface area contributed by atoms with E-state index in [1.54, 1.807) is 11.8 Å². The molecule has 0 spiro atoms. The van der Waals surface area contributed by atoms with E-state index in [-0.39, 0.29) is 68.0 Å². The Kier molecular flexibility index (Phi) is 18.4. The van der Waals surface area contributed by atoms with Crippen LogP contribution in [0.5, 0.6) is 0 Å². The van der Waals surface area contributed by atoms with Crippen molar-refractivity contribution in [3.8, 4) is 0 Å². The molecule has 0 atom stereocenters. The van der Waals surface area contributed by atoms with E-state index >= 15 is 0 Å². The van der Waals surface area contributed by atoms with Crippen molar-refractivity contribution in [2.24, 2.45) is 0 Å². The fraction of sp³-hybridized carbons (Fsp3) is 0.333. The van der Waals surface area contributed by atoms with Crippen molar-refractivity contribution in [1.82, 2.24) is 0 Å². The molecule has 0 saturated carbocycles. The smallest absolute Gasteiger partial charge is 0.870 e. The number of hydrogen-bond acceptors (Lipinski definition) is 4. The summed E-state index contributed by atoms with van der Waals surface area (Å²) < 4.78 is 0. The summed E-state index contributed by atoms with van der Waals surface area (Å²) in [7, 11) is 0. The van der Waals surface area contributed by atoms with Gasteiger partial charge in [0.15, 0.2) is 0 Å². The van der Waals surface area contributed by atoms with Crippen LogP contribution in [0.1, 0.15) is 34.6 Å². The van der Waals surface area contributed by atoms with Crippen molar-refractivity contribution >= 4 is 23.7 Å². The summed E-state index contributed by atoms with van der Waals surface area (Å²) in [6, 6.07) is 5.00. The summed E-state index contributed by atoms with van der Waals surface area (Å²) in [6.45, 7) is 4.40. The number of aromatic carboxylic acids is 2. The Morgan fingerprint density at radius 2 is 1.68 bits per heavy atom. The second-order valence-corrected chi connectivity index (χ2v) is 4.74. The number of rotatable bonds is 4. The SMILES string of the molecule is CC[SH+]CC.O=C([O-])c1cccc(C(=O)O)c1.[K+].[OH-]. The topological polar surface area (TPSA) is 107 Å². The number of hydrogen-bond donors (Lipinski definition) is 1. The second kappa shape index (κ2) is 14.5. The van der Waals surface area contributed by atoms with Gasteiger partial charge in [-0.3, -0.25) is 0 Å². The molecule has 0 aromatic heterocycles. The molecule has 1 aromatic rings. The zero-order valence-electron chi connectivity index (χ0n) is 11.3. The Hall–Kier alpha value is 0.106. The van der Waals surface area contributed by atoms with Crippen LogP contribution in [-0.2, 0) is 11.8 Å². The van der Waals surface area contributed by atoms with Gasteiger partial charge < -0.3 is 20.5 Å². The van der Waals surface area contributed by atoms with Crippen LogP contribution in [0.25, 0.3) is 0 Å². The van der Waals surface area contributed by atoms with Crippen molar-refractivity contribution in [1.29, 1.82) is 0 Å². The van der Waals surface area contributed by atoms with Gasteiger partial charge in [-0.1, -0.05) is 12.1 Å². The maximum absolute atomic E-state index is 10.4. The van der Waals surface area contributed by atoms with Gasteiger partial charge in [-0.05, 0) is 43.3 Å². The Morgan fingerprint density at radius 1 is 1.21 bits per heavy atom. The predicted molar refractivity (Wildman–Crippen MR) is 69.5 cm³/mol. The van der Waals surface area contributed by atoms with E-state index in [0.29, 0.717) is 0 Å². The monoisotopic (exact) mass is 312 g/mol. The van der Waals surface area contributed by atoms with Crippen LogP contribution < -0.4 is 56.5 Å². The molecule has 0 fully saturated rings. The van der Waals surface area contributed by atoms with Gasteiger partial charge >= 0.3 is 57.4 Å². The van der Waals surface area contributed by atoms with Crippen LogP contribution in [0.2, 0.25) is 0 Å². The van der Waals surface area contributed by atoms with Crippen LogP contribution in [0.3, 0.4) is 0 Å². The molecule has 7 heteroatoms. The van der Waals surface area contributed by atoms with E-state index in [4.69, 9.17) is 5.11 Å². The van der Waals surface area contributed by atoms with E-state index in [0.717, 1.165) is 6.07 Å². The van der Waals surface area contributed by atoms with Gasteiger partial charge in [-0.15, -0.1) is 0 Å². The minimum Gasteiger partial charge on any atom is -0.870 e. The molecule has 0 aliphatic carbocycles. The van der Waals surface area contributed by atoms with Gasteiger partial charge in [0.25, 0.3) is 0 Å². The van der Waals surface area contributed by atoms with Crippen molar-refractivity contribution in [2.45, 2.75) is 13.8 Å². The quantitative estimate of drug-likeness (QED) is 0.373. The molecule has 0 unspecified atom stereocenters. The summed E-state index contributed by atoms with van der Waals surface area (Å²) >= 11 is 1.58. The van der Waals surface area contributed by atoms with Crippen molar-refractivity contribution in [3.63, 3.8) is 0 Å². The van der Waals surface area contributed by atoms with Crippen LogP contribution in [0, 0.1) is 0 Å². The molecular weight excluding hydrogens is 295 g/mol. The van der Waals surface area contributed by atoms with Crippen molar-refractivity contribution in [2.75, 3.05) is 11.5 Å².